The van der Waals surface area contributed by atoms with Crippen molar-refractivity contribution >= 4 is 0 Å². The third-order valence-corrected chi connectivity index (χ3v) is 2.97. The van der Waals surface area contributed by atoms with Crippen molar-refractivity contribution in [2.24, 2.45) is 11.3 Å². The summed E-state index contributed by atoms with van der Waals surface area (Å²) in [5.74, 6) is 0.505. The van der Waals surface area contributed by atoms with E-state index in [9.17, 15) is 5.11 Å². The van der Waals surface area contributed by atoms with Gasteiger partial charge in [0, 0.05) is 7.11 Å². The van der Waals surface area contributed by atoms with Gasteiger partial charge in [0.2, 0.25) is 0 Å². The van der Waals surface area contributed by atoms with Crippen LogP contribution in [0.2, 0.25) is 0 Å². The summed E-state index contributed by atoms with van der Waals surface area (Å²) in [5.41, 5.74) is 0.213. The molecule has 1 rings (SSSR count). The van der Waals surface area contributed by atoms with Crippen molar-refractivity contribution in [2.45, 2.75) is 45.6 Å². The molecule has 0 bridgehead atoms. The topological polar surface area (TPSA) is 29.5 Å². The van der Waals surface area contributed by atoms with Crippen molar-refractivity contribution in [1.82, 2.24) is 0 Å². The molecule has 1 saturated carbocycles. The molecule has 1 fully saturated rings. The molecule has 1 N–H and O–H groups in total. The number of rotatable bonds is 4. The fraction of sp³-hybridized carbons (Fsp3) is 1.00. The van der Waals surface area contributed by atoms with Crippen LogP contribution in [0.1, 0.15) is 39.5 Å². The fourth-order valence-corrected chi connectivity index (χ4v) is 2.41. The van der Waals surface area contributed by atoms with Crippen molar-refractivity contribution in [2.75, 3.05) is 13.7 Å². The highest BCUT2D eigenvalue weighted by Crippen LogP contribution is 2.35. The summed E-state index contributed by atoms with van der Waals surface area (Å²) in [4.78, 5) is 0. The van der Waals surface area contributed by atoms with Crippen LogP contribution in [0.3, 0.4) is 0 Å². The summed E-state index contributed by atoms with van der Waals surface area (Å²) in [6.45, 7) is 5.21. The van der Waals surface area contributed by atoms with E-state index < -0.39 is 0 Å². The number of hydrogen-bond acceptors (Lipinski definition) is 2. The van der Waals surface area contributed by atoms with E-state index in [1.165, 1.54) is 12.8 Å². The predicted octanol–water partition coefficient (Wildman–Crippen LogP) is 2.21. The summed E-state index contributed by atoms with van der Waals surface area (Å²) in [6, 6.07) is 0. The van der Waals surface area contributed by atoms with Crippen LogP contribution in [-0.2, 0) is 4.74 Å². The molecule has 0 aromatic carbocycles. The number of aliphatic hydroxyl groups excluding tert-OH is 1. The van der Waals surface area contributed by atoms with Crippen LogP contribution in [0, 0.1) is 11.3 Å². The normalized spacial score (nSPS) is 29.5. The van der Waals surface area contributed by atoms with Crippen molar-refractivity contribution in [3.05, 3.63) is 0 Å². The first-order valence-electron chi connectivity index (χ1n) is 5.22. The summed E-state index contributed by atoms with van der Waals surface area (Å²) >= 11 is 0. The minimum Gasteiger partial charge on any atom is -0.393 e. The molecule has 78 valence electrons. The highest BCUT2D eigenvalue weighted by Gasteiger charge is 2.31. The third kappa shape index (κ3) is 3.28. The van der Waals surface area contributed by atoms with Gasteiger partial charge in [-0.1, -0.05) is 20.3 Å². The van der Waals surface area contributed by atoms with Gasteiger partial charge in [0.1, 0.15) is 0 Å². The Morgan fingerprint density at radius 3 is 2.54 bits per heavy atom. The van der Waals surface area contributed by atoms with Crippen LogP contribution in [0.25, 0.3) is 0 Å². The van der Waals surface area contributed by atoms with E-state index in [0.717, 1.165) is 19.4 Å². The van der Waals surface area contributed by atoms with Crippen molar-refractivity contribution in [3.63, 3.8) is 0 Å². The van der Waals surface area contributed by atoms with Crippen molar-refractivity contribution in [1.29, 1.82) is 0 Å². The first-order chi connectivity index (χ1) is 6.05. The van der Waals surface area contributed by atoms with E-state index in [0.29, 0.717) is 5.92 Å². The van der Waals surface area contributed by atoms with Crippen LogP contribution < -0.4 is 0 Å². The molecule has 0 saturated heterocycles. The largest absolute Gasteiger partial charge is 0.393 e. The molecule has 0 amide bonds. The van der Waals surface area contributed by atoms with Gasteiger partial charge in [0.15, 0.2) is 0 Å². The highest BCUT2D eigenvalue weighted by molar-refractivity contribution is 4.82. The van der Waals surface area contributed by atoms with Crippen LogP contribution in [-0.4, -0.2) is 24.9 Å². The molecule has 0 aromatic heterocycles. The Hall–Kier alpha value is -0.0800. The van der Waals surface area contributed by atoms with E-state index in [1.807, 2.05) is 0 Å². The molecule has 0 heterocycles. The fourth-order valence-electron chi connectivity index (χ4n) is 2.41. The Bertz CT molecular complexity index is 154. The quantitative estimate of drug-likeness (QED) is 0.729. The Kier molecular flexibility index (Phi) is 3.74. The maximum absolute atomic E-state index is 9.68. The zero-order valence-corrected chi connectivity index (χ0v) is 9.05. The second-order valence-electron chi connectivity index (χ2n) is 5.06. The SMILES string of the molecule is COCC(C)(C)CC1CCCC1O. The lowest BCUT2D eigenvalue weighted by Crippen LogP contribution is -2.26. The highest BCUT2D eigenvalue weighted by atomic mass is 16.5. The molecule has 2 heteroatoms. The zero-order valence-electron chi connectivity index (χ0n) is 9.05. The summed E-state index contributed by atoms with van der Waals surface area (Å²) in [6.07, 6.45) is 4.40. The van der Waals surface area contributed by atoms with E-state index >= 15 is 0 Å². The molecule has 2 atom stereocenters. The van der Waals surface area contributed by atoms with Crippen molar-refractivity contribution < 1.29 is 9.84 Å². The lowest BCUT2D eigenvalue weighted by atomic mass is 9.82. The van der Waals surface area contributed by atoms with Crippen LogP contribution in [0.5, 0.6) is 0 Å². The van der Waals surface area contributed by atoms with Crippen LogP contribution in [0.15, 0.2) is 0 Å². The van der Waals surface area contributed by atoms with Gasteiger partial charge < -0.3 is 9.84 Å². The molecule has 0 spiro atoms. The first kappa shape index (κ1) is 11.0. The number of methoxy groups -OCH3 is 1. The maximum atomic E-state index is 9.68. The minimum absolute atomic E-state index is 0.0591. The summed E-state index contributed by atoms with van der Waals surface area (Å²) < 4.78 is 5.17. The standard InChI is InChI=1S/C11H22O2/c1-11(2,8-13-3)7-9-5-4-6-10(9)12/h9-10,12H,4-8H2,1-3H3. The number of hydrogen-bond donors (Lipinski definition) is 1. The third-order valence-electron chi connectivity index (χ3n) is 2.97. The summed E-state index contributed by atoms with van der Waals surface area (Å²) in [7, 11) is 1.74. The van der Waals surface area contributed by atoms with Crippen molar-refractivity contribution in [3.8, 4) is 0 Å². The van der Waals surface area contributed by atoms with Gasteiger partial charge in [-0.05, 0) is 30.6 Å². The molecule has 0 radical (unpaired) electrons. The number of aliphatic hydroxyl groups is 1. The molecule has 2 unspecified atom stereocenters. The van der Waals surface area contributed by atoms with Crippen LogP contribution in [0.4, 0.5) is 0 Å². The zero-order chi connectivity index (χ0) is 9.90. The second kappa shape index (κ2) is 4.43. The van der Waals surface area contributed by atoms with E-state index in [-0.39, 0.29) is 11.5 Å². The first-order valence-corrected chi connectivity index (χ1v) is 5.22. The predicted molar refractivity (Wildman–Crippen MR) is 53.6 cm³/mol. The van der Waals surface area contributed by atoms with Gasteiger partial charge in [-0.25, -0.2) is 0 Å². The molecule has 0 aromatic rings. The Balaban J connectivity index is 2.37. The maximum Gasteiger partial charge on any atom is 0.0568 e. The lowest BCUT2D eigenvalue weighted by Gasteiger charge is -2.28. The molecular weight excluding hydrogens is 164 g/mol. The molecule has 0 aliphatic heterocycles. The lowest BCUT2D eigenvalue weighted by molar-refractivity contribution is 0.0544. The Morgan fingerprint density at radius 2 is 2.08 bits per heavy atom. The van der Waals surface area contributed by atoms with Gasteiger partial charge in [0.25, 0.3) is 0 Å². The van der Waals surface area contributed by atoms with Gasteiger partial charge in [-0.3, -0.25) is 0 Å². The molecule has 1 aliphatic carbocycles. The molecule has 2 nitrogen and oxygen atoms in total. The molecule has 13 heavy (non-hydrogen) atoms. The van der Waals surface area contributed by atoms with E-state index in [2.05, 4.69) is 13.8 Å². The van der Waals surface area contributed by atoms with Gasteiger partial charge in [-0.15, -0.1) is 0 Å². The van der Waals surface area contributed by atoms with Gasteiger partial charge in [0.05, 0.1) is 12.7 Å². The molecule has 1 aliphatic rings. The monoisotopic (exact) mass is 186 g/mol. The minimum atomic E-state index is -0.0591. The van der Waals surface area contributed by atoms with E-state index in [4.69, 9.17) is 4.74 Å². The van der Waals surface area contributed by atoms with E-state index in [1.54, 1.807) is 7.11 Å². The summed E-state index contributed by atoms with van der Waals surface area (Å²) in [5, 5.41) is 9.68. The molecular formula is C11H22O2. The van der Waals surface area contributed by atoms with Gasteiger partial charge in [-0.2, -0.15) is 0 Å². The Morgan fingerprint density at radius 1 is 1.38 bits per heavy atom. The smallest absolute Gasteiger partial charge is 0.0568 e. The Labute approximate surface area is 81.3 Å². The average Bonchev–Trinajstić information content (AvgIpc) is 2.35. The second-order valence-corrected chi connectivity index (χ2v) is 5.06. The number of ether oxygens (including phenoxy) is 1. The average molecular weight is 186 g/mol. The van der Waals surface area contributed by atoms with Crippen LogP contribution >= 0.6 is 0 Å². The van der Waals surface area contributed by atoms with Gasteiger partial charge >= 0.3 is 0 Å².